The van der Waals surface area contributed by atoms with E-state index in [4.69, 9.17) is 0 Å². The van der Waals surface area contributed by atoms with Crippen LogP contribution in [0.25, 0.3) is 0 Å². The molecule has 42 valence electrons. The van der Waals surface area contributed by atoms with E-state index < -0.39 is 10.8 Å². The van der Waals surface area contributed by atoms with Crippen LogP contribution in [-0.4, -0.2) is 16.7 Å². The highest BCUT2D eigenvalue weighted by molar-refractivity contribution is 8.02. The summed E-state index contributed by atoms with van der Waals surface area (Å²) in [6.07, 6.45) is 3.58. The molecular weight excluding hydrogens is 128 g/mol. The van der Waals surface area contributed by atoms with Gasteiger partial charge in [-0.1, -0.05) is 0 Å². The summed E-state index contributed by atoms with van der Waals surface area (Å²) < 4.78 is 10.2. The van der Waals surface area contributed by atoms with Gasteiger partial charge in [0, 0.05) is 22.5 Å². The number of thioether (sulfide) groups is 1. The van der Waals surface area contributed by atoms with Crippen molar-refractivity contribution in [2.24, 2.45) is 0 Å². The zero-order valence-electron chi connectivity index (χ0n) is 4.38. The molecule has 0 aromatic carbocycles. The first-order valence-electron chi connectivity index (χ1n) is 1.79. The summed E-state index contributed by atoms with van der Waals surface area (Å²) in [5, 5.41) is 3.47. The van der Waals surface area contributed by atoms with Crippen LogP contribution < -0.4 is 0 Å². The fourth-order valence-electron chi connectivity index (χ4n) is 0.134. The topological polar surface area (TPSA) is 17.1 Å². The van der Waals surface area contributed by atoms with Crippen LogP contribution in [0.1, 0.15) is 0 Å². The van der Waals surface area contributed by atoms with Gasteiger partial charge in [0.05, 0.1) is 0 Å². The maximum absolute atomic E-state index is 10.2. The van der Waals surface area contributed by atoms with Crippen LogP contribution in [0.15, 0.2) is 10.8 Å². The lowest BCUT2D eigenvalue weighted by molar-refractivity contribution is 0.692. The summed E-state index contributed by atoms with van der Waals surface area (Å²) in [4.78, 5) is 0. The van der Waals surface area contributed by atoms with E-state index >= 15 is 0 Å². The van der Waals surface area contributed by atoms with Crippen LogP contribution in [0.4, 0.5) is 0 Å². The van der Waals surface area contributed by atoms with E-state index in [1.54, 1.807) is 23.4 Å². The van der Waals surface area contributed by atoms with Gasteiger partial charge in [-0.2, -0.15) is 0 Å². The first kappa shape index (κ1) is 7.24. The van der Waals surface area contributed by atoms with Gasteiger partial charge in [0.1, 0.15) is 0 Å². The first-order chi connectivity index (χ1) is 3.27. The monoisotopic (exact) mass is 136 g/mol. The quantitative estimate of drug-likeness (QED) is 0.567. The second kappa shape index (κ2) is 4.40. The molecule has 7 heavy (non-hydrogen) atoms. The fraction of sp³-hybridized carbons (Fsp3) is 0.500. The van der Waals surface area contributed by atoms with E-state index in [1.807, 2.05) is 11.7 Å². The second-order valence-corrected chi connectivity index (χ2v) is 3.02. The molecule has 0 aromatic heterocycles. The molecule has 0 fully saturated rings. The third kappa shape index (κ3) is 6.24. The van der Waals surface area contributed by atoms with E-state index in [0.29, 0.717) is 0 Å². The van der Waals surface area contributed by atoms with E-state index in [9.17, 15) is 4.21 Å². The van der Waals surface area contributed by atoms with Crippen molar-refractivity contribution in [2.45, 2.75) is 0 Å². The molecule has 0 heterocycles. The van der Waals surface area contributed by atoms with Crippen molar-refractivity contribution >= 4 is 22.6 Å². The summed E-state index contributed by atoms with van der Waals surface area (Å²) >= 11 is 1.56. The summed E-state index contributed by atoms with van der Waals surface area (Å²) in [6.45, 7) is 0. The van der Waals surface area contributed by atoms with Gasteiger partial charge in [0.15, 0.2) is 0 Å². The van der Waals surface area contributed by atoms with Gasteiger partial charge in [-0.25, -0.2) is 0 Å². The lowest BCUT2D eigenvalue weighted by atomic mass is 11.3. The molecule has 0 aliphatic carbocycles. The number of hydrogen-bond acceptors (Lipinski definition) is 2. The SMILES string of the molecule is CSC=CS(C)=O. The standard InChI is InChI=1S/C4H8OS2/c1-6-3-4-7(2)5/h3-4H,1-2H3. The van der Waals surface area contributed by atoms with Crippen LogP contribution in [0, 0.1) is 0 Å². The van der Waals surface area contributed by atoms with Crippen molar-refractivity contribution in [3.63, 3.8) is 0 Å². The van der Waals surface area contributed by atoms with Crippen molar-refractivity contribution in [2.75, 3.05) is 12.5 Å². The number of hydrogen-bond donors (Lipinski definition) is 0. The zero-order valence-corrected chi connectivity index (χ0v) is 6.01. The molecule has 0 saturated carbocycles. The molecule has 0 amide bonds. The summed E-state index contributed by atoms with van der Waals surface area (Å²) in [6, 6.07) is 0. The molecule has 0 bridgehead atoms. The molecule has 1 unspecified atom stereocenters. The molecule has 3 heteroatoms. The largest absolute Gasteiger partial charge is 0.255 e. The smallest absolute Gasteiger partial charge is 0.0429 e. The van der Waals surface area contributed by atoms with Crippen molar-refractivity contribution in [3.8, 4) is 0 Å². The molecule has 0 N–H and O–H groups in total. The normalized spacial score (nSPS) is 15.1. The van der Waals surface area contributed by atoms with E-state index in [2.05, 4.69) is 0 Å². The van der Waals surface area contributed by atoms with Gasteiger partial charge >= 0.3 is 0 Å². The minimum atomic E-state index is -0.767. The second-order valence-electron chi connectivity index (χ2n) is 1.01. The maximum Gasteiger partial charge on any atom is 0.0429 e. The Labute approximate surface area is 50.6 Å². The van der Waals surface area contributed by atoms with Crippen LogP contribution >= 0.6 is 11.8 Å². The van der Waals surface area contributed by atoms with Gasteiger partial charge in [-0.05, 0) is 11.7 Å². The van der Waals surface area contributed by atoms with Gasteiger partial charge in [-0.3, -0.25) is 4.21 Å². The highest BCUT2D eigenvalue weighted by atomic mass is 32.2. The van der Waals surface area contributed by atoms with Crippen LogP contribution in [0.2, 0.25) is 0 Å². The molecule has 0 spiro atoms. The average molecular weight is 136 g/mol. The van der Waals surface area contributed by atoms with Gasteiger partial charge in [0.2, 0.25) is 0 Å². The van der Waals surface area contributed by atoms with Crippen LogP contribution in [0.3, 0.4) is 0 Å². The third-order valence-electron chi connectivity index (χ3n) is 0.383. The van der Waals surface area contributed by atoms with Gasteiger partial charge < -0.3 is 0 Å². The van der Waals surface area contributed by atoms with Crippen LogP contribution in [0.5, 0.6) is 0 Å². The average Bonchev–Trinajstić information content (AvgIpc) is 1.61. The van der Waals surface area contributed by atoms with Crippen molar-refractivity contribution < 1.29 is 4.21 Å². The Morgan fingerprint density at radius 1 is 1.71 bits per heavy atom. The van der Waals surface area contributed by atoms with E-state index in [-0.39, 0.29) is 0 Å². The predicted molar refractivity (Wildman–Crippen MR) is 36.7 cm³/mol. The first-order valence-corrected chi connectivity index (χ1v) is 4.70. The van der Waals surface area contributed by atoms with Crippen molar-refractivity contribution in [1.29, 1.82) is 0 Å². The van der Waals surface area contributed by atoms with Gasteiger partial charge in [-0.15, -0.1) is 11.8 Å². The maximum atomic E-state index is 10.2. The highest BCUT2D eigenvalue weighted by Gasteiger charge is 1.72. The Morgan fingerprint density at radius 2 is 2.29 bits per heavy atom. The minimum absolute atomic E-state index is 0.767. The van der Waals surface area contributed by atoms with Crippen molar-refractivity contribution in [3.05, 3.63) is 10.8 Å². The minimum Gasteiger partial charge on any atom is -0.255 e. The molecule has 0 aromatic rings. The number of rotatable bonds is 2. The molecule has 1 nitrogen and oxygen atoms in total. The fourth-order valence-corrected chi connectivity index (χ4v) is 1.20. The zero-order chi connectivity index (χ0) is 5.70. The lowest BCUT2D eigenvalue weighted by Gasteiger charge is -1.75. The Morgan fingerprint density at radius 3 is 2.43 bits per heavy atom. The third-order valence-corrected chi connectivity index (χ3v) is 1.48. The molecule has 0 aliphatic rings. The molecule has 0 saturated heterocycles. The molecular formula is C4H8OS2. The van der Waals surface area contributed by atoms with Gasteiger partial charge in [0.25, 0.3) is 0 Å². The summed E-state index contributed by atoms with van der Waals surface area (Å²) in [5.41, 5.74) is 0. The molecule has 0 aliphatic heterocycles. The molecule has 1 atom stereocenters. The van der Waals surface area contributed by atoms with E-state index in [1.165, 1.54) is 0 Å². The van der Waals surface area contributed by atoms with E-state index in [0.717, 1.165) is 0 Å². The predicted octanol–water partition coefficient (Wildman–Crippen LogP) is 1.20. The Hall–Kier alpha value is 0.240. The Kier molecular flexibility index (Phi) is 4.55. The summed E-state index contributed by atoms with van der Waals surface area (Å²) in [7, 11) is -0.767. The van der Waals surface area contributed by atoms with Crippen molar-refractivity contribution in [1.82, 2.24) is 0 Å². The highest BCUT2D eigenvalue weighted by Crippen LogP contribution is 1.93. The molecule has 0 radical (unpaired) electrons. The van der Waals surface area contributed by atoms with Crippen LogP contribution in [-0.2, 0) is 10.8 Å². The molecule has 0 rings (SSSR count). The Balaban J connectivity index is 3.26. The summed E-state index contributed by atoms with van der Waals surface area (Å²) in [5.74, 6) is 0. The lowest BCUT2D eigenvalue weighted by Crippen LogP contribution is -1.71. The Bertz CT molecular complexity index is 87.7.